The highest BCUT2D eigenvalue weighted by molar-refractivity contribution is 5.38. The first-order valence-electron chi connectivity index (χ1n) is 9.80. The van der Waals surface area contributed by atoms with Gasteiger partial charge in [0.2, 0.25) is 0 Å². The molecule has 4 heteroatoms. The summed E-state index contributed by atoms with van der Waals surface area (Å²) in [5.74, 6) is 1.09. The second-order valence-electron chi connectivity index (χ2n) is 6.57. The zero-order valence-corrected chi connectivity index (χ0v) is 16.3. The molecule has 138 valence electrons. The van der Waals surface area contributed by atoms with Crippen molar-refractivity contribution >= 4 is 5.82 Å². The van der Waals surface area contributed by atoms with Crippen LogP contribution in [0.1, 0.15) is 70.4 Å². The highest BCUT2D eigenvalue weighted by Crippen LogP contribution is 2.30. The monoisotopic (exact) mass is 334 g/mol. The normalized spacial score (nSPS) is 17.5. The molecule has 1 atom stereocenters. The first kappa shape index (κ1) is 20.9. The summed E-state index contributed by atoms with van der Waals surface area (Å²) >= 11 is 0. The molecule has 1 aromatic heterocycles. The van der Waals surface area contributed by atoms with Crippen LogP contribution in [-0.4, -0.2) is 43.6 Å². The number of nitrogens with two attached hydrogens (primary N) is 1. The maximum atomic E-state index is 5.51. The number of rotatable bonds is 9. The Morgan fingerprint density at radius 2 is 1.88 bits per heavy atom. The van der Waals surface area contributed by atoms with Crippen molar-refractivity contribution in [1.29, 1.82) is 0 Å². The van der Waals surface area contributed by atoms with Gasteiger partial charge in [0.1, 0.15) is 5.82 Å². The Labute approximate surface area is 149 Å². The van der Waals surface area contributed by atoms with E-state index in [1.165, 1.54) is 50.6 Å². The fourth-order valence-corrected chi connectivity index (χ4v) is 3.29. The van der Waals surface area contributed by atoms with Crippen LogP contribution in [0.3, 0.4) is 0 Å². The summed E-state index contributed by atoms with van der Waals surface area (Å²) in [4.78, 5) is 9.37. The minimum absolute atomic E-state index is 0.564. The van der Waals surface area contributed by atoms with Crippen LogP contribution in [0.2, 0.25) is 0 Å². The van der Waals surface area contributed by atoms with E-state index >= 15 is 0 Å². The molecule has 24 heavy (non-hydrogen) atoms. The van der Waals surface area contributed by atoms with Gasteiger partial charge < -0.3 is 10.6 Å². The molecule has 0 aromatic carbocycles. The molecule has 2 rings (SSSR count). The van der Waals surface area contributed by atoms with Gasteiger partial charge in [0.05, 0.1) is 0 Å². The highest BCUT2D eigenvalue weighted by atomic mass is 15.2. The van der Waals surface area contributed by atoms with Crippen LogP contribution >= 0.6 is 0 Å². The number of aromatic nitrogens is 1. The summed E-state index contributed by atoms with van der Waals surface area (Å²) in [5.41, 5.74) is 6.87. The first-order chi connectivity index (χ1) is 11.7. The van der Waals surface area contributed by atoms with E-state index in [9.17, 15) is 0 Å². The Morgan fingerprint density at radius 3 is 2.46 bits per heavy atom. The minimum Gasteiger partial charge on any atom is -0.360 e. The van der Waals surface area contributed by atoms with Crippen LogP contribution in [0.15, 0.2) is 18.3 Å². The van der Waals surface area contributed by atoms with Gasteiger partial charge in [0.15, 0.2) is 0 Å². The topological polar surface area (TPSA) is 45.4 Å². The van der Waals surface area contributed by atoms with Crippen molar-refractivity contribution in [3.05, 3.63) is 23.9 Å². The lowest BCUT2D eigenvalue weighted by Crippen LogP contribution is -2.21. The first-order valence-corrected chi connectivity index (χ1v) is 9.80. The van der Waals surface area contributed by atoms with Gasteiger partial charge >= 0.3 is 0 Å². The van der Waals surface area contributed by atoms with Gasteiger partial charge in [0, 0.05) is 25.8 Å². The zero-order valence-electron chi connectivity index (χ0n) is 16.3. The molecule has 1 aliphatic rings. The molecule has 1 fully saturated rings. The van der Waals surface area contributed by atoms with Crippen LogP contribution < -0.4 is 10.6 Å². The van der Waals surface area contributed by atoms with E-state index in [-0.39, 0.29) is 0 Å². The van der Waals surface area contributed by atoms with Crippen molar-refractivity contribution in [2.75, 3.05) is 38.6 Å². The molecule has 0 saturated carbocycles. The fourth-order valence-electron chi connectivity index (χ4n) is 3.29. The van der Waals surface area contributed by atoms with Crippen LogP contribution in [-0.2, 0) is 0 Å². The van der Waals surface area contributed by atoms with E-state index in [1.54, 1.807) is 0 Å². The Hall–Kier alpha value is -1.13. The van der Waals surface area contributed by atoms with Crippen molar-refractivity contribution < 1.29 is 0 Å². The maximum Gasteiger partial charge on any atom is 0.128 e. The van der Waals surface area contributed by atoms with E-state index in [4.69, 9.17) is 5.73 Å². The molecule has 1 unspecified atom stereocenters. The lowest BCUT2D eigenvalue weighted by atomic mass is 10.1. The Balaban J connectivity index is 0.00000139. The number of hydrogen-bond acceptors (Lipinski definition) is 4. The third-order valence-electron chi connectivity index (χ3n) is 4.76. The molecule has 2 N–H and O–H groups in total. The average molecular weight is 335 g/mol. The van der Waals surface area contributed by atoms with Crippen LogP contribution in [0.25, 0.3) is 0 Å². The second-order valence-corrected chi connectivity index (χ2v) is 6.57. The molecule has 2 heterocycles. The number of pyridine rings is 1. The number of unbranched alkanes of at least 4 members (excludes halogenated alkanes) is 4. The van der Waals surface area contributed by atoms with Gasteiger partial charge in [-0.25, -0.2) is 4.98 Å². The summed E-state index contributed by atoms with van der Waals surface area (Å²) < 4.78 is 0. The number of nitrogens with zero attached hydrogens (tertiary/aromatic N) is 3. The molecule has 0 aliphatic carbocycles. The van der Waals surface area contributed by atoms with E-state index in [2.05, 4.69) is 47.2 Å². The SMILES string of the molecule is CC.CN(CCCCCCCN)c1ccc(C2CCCN2C)cn1. The molecular formula is C20H38N4. The van der Waals surface area contributed by atoms with Crippen LogP contribution in [0.5, 0.6) is 0 Å². The molecule has 1 aromatic rings. The zero-order chi connectivity index (χ0) is 17.8. The molecule has 0 spiro atoms. The summed E-state index contributed by atoms with van der Waals surface area (Å²) in [6.07, 6.45) is 10.9. The summed E-state index contributed by atoms with van der Waals surface area (Å²) in [6, 6.07) is 5.00. The largest absolute Gasteiger partial charge is 0.360 e. The van der Waals surface area contributed by atoms with Gasteiger partial charge in [-0.2, -0.15) is 0 Å². The molecule has 4 nitrogen and oxygen atoms in total. The van der Waals surface area contributed by atoms with Crippen molar-refractivity contribution in [3.8, 4) is 0 Å². The van der Waals surface area contributed by atoms with Crippen molar-refractivity contribution in [2.45, 2.75) is 64.8 Å². The average Bonchev–Trinajstić information content (AvgIpc) is 3.05. The summed E-state index contributed by atoms with van der Waals surface area (Å²) in [6.45, 7) is 7.11. The van der Waals surface area contributed by atoms with E-state index in [1.807, 2.05) is 13.8 Å². The Bertz CT molecular complexity index is 418. The van der Waals surface area contributed by atoms with Gasteiger partial charge in [-0.15, -0.1) is 0 Å². The second kappa shape index (κ2) is 12.3. The van der Waals surface area contributed by atoms with Crippen LogP contribution in [0, 0.1) is 0 Å². The number of hydrogen-bond donors (Lipinski definition) is 1. The highest BCUT2D eigenvalue weighted by Gasteiger charge is 2.22. The Kier molecular flexibility index (Phi) is 10.7. The Morgan fingerprint density at radius 1 is 1.17 bits per heavy atom. The van der Waals surface area contributed by atoms with Gasteiger partial charge in [-0.1, -0.05) is 39.2 Å². The molecule has 0 bridgehead atoms. The van der Waals surface area contributed by atoms with Gasteiger partial charge in [-0.3, -0.25) is 4.90 Å². The fraction of sp³-hybridized carbons (Fsp3) is 0.750. The number of likely N-dealkylation sites (tertiary alicyclic amines) is 1. The third kappa shape index (κ3) is 6.78. The summed E-state index contributed by atoms with van der Waals surface area (Å²) in [5, 5.41) is 0. The molecule has 1 saturated heterocycles. The quantitative estimate of drug-likeness (QED) is 0.687. The van der Waals surface area contributed by atoms with Crippen molar-refractivity contribution in [2.24, 2.45) is 5.73 Å². The predicted molar refractivity (Wildman–Crippen MR) is 106 cm³/mol. The van der Waals surface area contributed by atoms with Gasteiger partial charge in [-0.05, 0) is 57.5 Å². The third-order valence-corrected chi connectivity index (χ3v) is 4.76. The smallest absolute Gasteiger partial charge is 0.128 e. The van der Waals surface area contributed by atoms with Gasteiger partial charge in [0.25, 0.3) is 0 Å². The molecule has 0 radical (unpaired) electrons. The predicted octanol–water partition coefficient (Wildman–Crippen LogP) is 4.22. The lowest BCUT2D eigenvalue weighted by Gasteiger charge is -2.22. The van der Waals surface area contributed by atoms with E-state index in [0.29, 0.717) is 6.04 Å². The van der Waals surface area contributed by atoms with E-state index in [0.717, 1.165) is 25.3 Å². The standard InChI is InChI=1S/C18H32N4.C2H6/c1-21-14-8-9-17(21)16-10-11-18(20-15-16)22(2)13-7-5-3-4-6-12-19;1-2/h10-11,15,17H,3-9,12-14,19H2,1-2H3;1-2H3. The molecular weight excluding hydrogens is 296 g/mol. The minimum atomic E-state index is 0.564. The molecule has 1 aliphatic heterocycles. The summed E-state index contributed by atoms with van der Waals surface area (Å²) in [7, 11) is 4.35. The maximum absolute atomic E-state index is 5.51. The van der Waals surface area contributed by atoms with E-state index < -0.39 is 0 Å². The van der Waals surface area contributed by atoms with Crippen LogP contribution in [0.4, 0.5) is 5.82 Å². The lowest BCUT2D eigenvalue weighted by molar-refractivity contribution is 0.317. The van der Waals surface area contributed by atoms with Crippen molar-refractivity contribution in [3.63, 3.8) is 0 Å². The van der Waals surface area contributed by atoms with Crippen molar-refractivity contribution in [1.82, 2.24) is 9.88 Å². The number of anilines is 1. The molecule has 0 amide bonds.